The number of amides is 1. The number of allylic oxidation sites excluding steroid dienone is 1. The minimum Gasteiger partial charge on any atom is -0.385 e. The fraction of sp³-hybridized carbons (Fsp3) is 0.793. The molecule has 0 aromatic rings. The molecule has 2 saturated carbocycles. The van der Waals surface area contributed by atoms with Crippen molar-refractivity contribution in [1.29, 1.82) is 0 Å². The number of nitrogens with one attached hydrogen (secondary N) is 1. The summed E-state index contributed by atoms with van der Waals surface area (Å²) in [6.45, 7) is 12.9. The van der Waals surface area contributed by atoms with Gasteiger partial charge in [-0.2, -0.15) is 0 Å². The van der Waals surface area contributed by atoms with E-state index >= 15 is 0 Å². The molecule has 5 heteroatoms. The molecule has 196 valence electrons. The first-order valence-electron chi connectivity index (χ1n) is 13.8. The molecule has 34 heavy (non-hydrogen) atoms. The maximum atomic E-state index is 13.1. The van der Waals surface area contributed by atoms with E-state index in [9.17, 15) is 9.59 Å². The van der Waals surface area contributed by atoms with Crippen molar-refractivity contribution in [2.75, 3.05) is 20.8 Å². The number of methoxy groups -OCH3 is 1. The highest BCUT2D eigenvalue weighted by molar-refractivity contribution is 5.97. The fourth-order valence-corrected chi connectivity index (χ4v) is 5.23. The van der Waals surface area contributed by atoms with Crippen molar-refractivity contribution in [1.82, 2.24) is 10.2 Å². The van der Waals surface area contributed by atoms with Gasteiger partial charge in [-0.05, 0) is 69.8 Å². The zero-order valence-corrected chi connectivity index (χ0v) is 23.0. The molecule has 0 aromatic heterocycles. The van der Waals surface area contributed by atoms with Crippen LogP contribution in [0.1, 0.15) is 105 Å². The van der Waals surface area contributed by atoms with E-state index in [1.165, 1.54) is 50.6 Å². The van der Waals surface area contributed by atoms with Gasteiger partial charge in [0, 0.05) is 50.0 Å². The zero-order valence-electron chi connectivity index (χ0n) is 23.0. The predicted molar refractivity (Wildman–Crippen MR) is 143 cm³/mol. The largest absolute Gasteiger partial charge is 0.385 e. The van der Waals surface area contributed by atoms with Crippen molar-refractivity contribution in [2.24, 2.45) is 11.8 Å². The third kappa shape index (κ3) is 8.87. The van der Waals surface area contributed by atoms with Gasteiger partial charge < -0.3 is 19.7 Å². The summed E-state index contributed by atoms with van der Waals surface area (Å²) >= 11 is 0. The molecule has 3 rings (SSSR count). The van der Waals surface area contributed by atoms with Crippen LogP contribution in [0.25, 0.3) is 0 Å². The molecular weight excluding hydrogens is 424 g/mol. The Hall–Kier alpha value is -1.62. The Kier molecular flexibility index (Phi) is 15.1. The van der Waals surface area contributed by atoms with Crippen molar-refractivity contribution in [3.8, 4) is 0 Å². The summed E-state index contributed by atoms with van der Waals surface area (Å²) in [6, 6.07) is 0.546. The van der Waals surface area contributed by atoms with E-state index in [1.54, 1.807) is 7.11 Å². The number of hydrogen-bond donors (Lipinski definition) is 1. The molecule has 0 unspecified atom stereocenters. The zero-order chi connectivity index (χ0) is 25.5. The molecule has 0 aliphatic heterocycles. The lowest BCUT2D eigenvalue weighted by atomic mass is 9.75. The summed E-state index contributed by atoms with van der Waals surface area (Å²) in [5.74, 6) is 0.213. The fourth-order valence-electron chi connectivity index (χ4n) is 5.23. The molecule has 3 aliphatic carbocycles. The molecule has 0 heterocycles. The Morgan fingerprint density at radius 3 is 2.18 bits per heavy atom. The van der Waals surface area contributed by atoms with Gasteiger partial charge in [0.2, 0.25) is 0 Å². The lowest BCUT2D eigenvalue weighted by Gasteiger charge is -2.39. The van der Waals surface area contributed by atoms with Crippen LogP contribution in [0.15, 0.2) is 23.4 Å². The van der Waals surface area contributed by atoms with Crippen LogP contribution in [0.2, 0.25) is 0 Å². The Balaban J connectivity index is 0.000000872. The highest BCUT2D eigenvalue weighted by Crippen LogP contribution is 2.36. The van der Waals surface area contributed by atoms with Gasteiger partial charge in [-0.1, -0.05) is 53.0 Å². The van der Waals surface area contributed by atoms with E-state index in [1.807, 2.05) is 27.7 Å². The Morgan fingerprint density at radius 2 is 1.68 bits per heavy atom. The van der Waals surface area contributed by atoms with Gasteiger partial charge in [-0.15, -0.1) is 0 Å². The van der Waals surface area contributed by atoms with Crippen LogP contribution in [0, 0.1) is 11.8 Å². The van der Waals surface area contributed by atoms with Gasteiger partial charge in [0.1, 0.15) is 6.29 Å². The summed E-state index contributed by atoms with van der Waals surface area (Å²) < 4.78 is 4.54. The molecule has 3 aliphatic rings. The second-order valence-electron chi connectivity index (χ2n) is 9.78. The molecule has 2 fully saturated rings. The van der Waals surface area contributed by atoms with Crippen molar-refractivity contribution >= 4 is 12.2 Å². The van der Waals surface area contributed by atoms with Gasteiger partial charge in [0.05, 0.1) is 0 Å². The third-order valence-electron chi connectivity index (χ3n) is 7.65. The smallest absolute Gasteiger partial charge is 0.251 e. The molecule has 5 nitrogen and oxygen atoms in total. The van der Waals surface area contributed by atoms with Crippen molar-refractivity contribution < 1.29 is 14.3 Å². The average molecular weight is 477 g/mol. The highest BCUT2D eigenvalue weighted by Gasteiger charge is 2.34. The number of hydrogen-bond acceptors (Lipinski definition) is 4. The van der Waals surface area contributed by atoms with Gasteiger partial charge in [0.15, 0.2) is 0 Å². The summed E-state index contributed by atoms with van der Waals surface area (Å²) in [5.41, 5.74) is 3.12. The Bertz CT molecular complexity index is 646. The first-order chi connectivity index (χ1) is 16.4. The van der Waals surface area contributed by atoms with Crippen LogP contribution in [0.4, 0.5) is 0 Å². The van der Waals surface area contributed by atoms with Crippen LogP contribution < -0.4 is 5.32 Å². The van der Waals surface area contributed by atoms with Crippen molar-refractivity contribution in [3.63, 3.8) is 0 Å². The van der Waals surface area contributed by atoms with Crippen LogP contribution in [-0.2, 0) is 14.3 Å². The summed E-state index contributed by atoms with van der Waals surface area (Å²) in [5, 5.41) is 3.18. The molecule has 0 bridgehead atoms. The lowest BCUT2D eigenvalue weighted by Crippen LogP contribution is -2.48. The minimum absolute atomic E-state index is 0.0563. The maximum Gasteiger partial charge on any atom is 0.251 e. The van der Waals surface area contributed by atoms with Crippen LogP contribution in [0.5, 0.6) is 0 Å². The molecule has 0 radical (unpaired) electrons. The third-order valence-corrected chi connectivity index (χ3v) is 7.65. The monoisotopic (exact) mass is 476 g/mol. The molecule has 0 saturated heterocycles. The number of ether oxygens (including phenoxy) is 1. The van der Waals surface area contributed by atoms with Crippen molar-refractivity contribution in [2.45, 2.75) is 117 Å². The van der Waals surface area contributed by atoms with Crippen LogP contribution >= 0.6 is 0 Å². The standard InChI is InChI=1S/C24H38N2O2.C3H8O.C2H6/c1-17(16-27)23(19-10-9-11-19)25-24(28)18(2)21-14-7-8-15-22(21)26(3)20-12-5-4-6-13-20;1-3-4-2;1-2/h16-17,19-20,23H,2,4-15H2,1,3H3,(H,25,28);3H2,1-2H3;1-2H3/t17-,23+;;/m0../s1. The Labute approximate surface area is 209 Å². The minimum atomic E-state index is -0.147. The van der Waals surface area contributed by atoms with Crippen LogP contribution in [-0.4, -0.2) is 49.9 Å². The van der Waals surface area contributed by atoms with Gasteiger partial charge in [-0.25, -0.2) is 0 Å². The van der Waals surface area contributed by atoms with E-state index in [4.69, 9.17) is 0 Å². The van der Waals surface area contributed by atoms with Crippen LogP contribution in [0.3, 0.4) is 0 Å². The lowest BCUT2D eigenvalue weighted by molar-refractivity contribution is -0.120. The van der Waals surface area contributed by atoms with E-state index in [-0.39, 0.29) is 17.9 Å². The summed E-state index contributed by atoms with van der Waals surface area (Å²) in [6.07, 6.45) is 15.2. The number of rotatable bonds is 9. The normalized spacial score (nSPS) is 20.4. The summed E-state index contributed by atoms with van der Waals surface area (Å²) in [7, 11) is 3.90. The molecular formula is C29H52N2O3. The van der Waals surface area contributed by atoms with Gasteiger partial charge in [0.25, 0.3) is 5.91 Å². The van der Waals surface area contributed by atoms with E-state index in [0.29, 0.717) is 17.5 Å². The number of carbonyl (C=O) groups excluding carboxylic acids is 2. The quantitative estimate of drug-likeness (QED) is 0.307. The SMILES string of the molecule is C=C(C(=O)N[C@@H](C1CCC1)[C@@H](C)C=O)C1=C(N(C)C2CCCCC2)CCCC1.CC.CCOC. The van der Waals surface area contributed by atoms with E-state index in [0.717, 1.165) is 50.6 Å². The number of aldehydes is 1. The number of nitrogens with zero attached hydrogens (tertiary/aromatic N) is 1. The molecule has 2 atom stereocenters. The molecule has 1 amide bonds. The Morgan fingerprint density at radius 1 is 1.09 bits per heavy atom. The van der Waals surface area contributed by atoms with Gasteiger partial charge >= 0.3 is 0 Å². The van der Waals surface area contributed by atoms with E-state index < -0.39 is 0 Å². The van der Waals surface area contributed by atoms with E-state index in [2.05, 4.69) is 28.6 Å². The average Bonchev–Trinajstić information content (AvgIpc) is 2.87. The topological polar surface area (TPSA) is 58.6 Å². The second kappa shape index (κ2) is 16.9. The molecule has 0 spiro atoms. The van der Waals surface area contributed by atoms with Crippen molar-refractivity contribution in [3.05, 3.63) is 23.4 Å². The summed E-state index contributed by atoms with van der Waals surface area (Å²) in [4.78, 5) is 26.9. The second-order valence-corrected chi connectivity index (χ2v) is 9.78. The first kappa shape index (κ1) is 30.4. The predicted octanol–water partition coefficient (Wildman–Crippen LogP) is 6.43. The number of carbonyl (C=O) groups is 2. The maximum absolute atomic E-state index is 13.1. The van der Waals surface area contributed by atoms with Gasteiger partial charge in [-0.3, -0.25) is 4.79 Å². The highest BCUT2D eigenvalue weighted by atomic mass is 16.5. The molecule has 0 aromatic carbocycles. The molecule has 1 N–H and O–H groups in total. The first-order valence-corrected chi connectivity index (χ1v) is 13.8.